The fourth-order valence-corrected chi connectivity index (χ4v) is 2.89. The summed E-state index contributed by atoms with van der Waals surface area (Å²) in [6.07, 6.45) is 6.97. The van der Waals surface area contributed by atoms with Crippen molar-refractivity contribution in [3.63, 3.8) is 0 Å². The Morgan fingerprint density at radius 1 is 0.864 bits per heavy atom. The van der Waals surface area contributed by atoms with Crippen molar-refractivity contribution in [2.75, 3.05) is 7.11 Å². The molecule has 0 aromatic heterocycles. The number of ether oxygens (including phenoxy) is 1. The molecule has 0 spiro atoms. The maximum absolute atomic E-state index is 11.0. The van der Waals surface area contributed by atoms with Gasteiger partial charge in [-0.15, -0.1) is 12.4 Å². The molecule has 0 amide bonds. The van der Waals surface area contributed by atoms with E-state index in [2.05, 4.69) is 4.74 Å². The number of carboxylic acid groups (broad SMARTS) is 1. The first-order chi connectivity index (χ1) is 9.93. The van der Waals surface area contributed by atoms with Gasteiger partial charge in [-0.3, -0.25) is 9.59 Å². The second-order valence-corrected chi connectivity index (χ2v) is 6.08. The highest BCUT2D eigenvalue weighted by Crippen LogP contribution is 2.24. The molecular formula is C15H29ClN2O4. The quantitative estimate of drug-likeness (QED) is 0.661. The molecule has 0 radical (unpaired) electrons. The van der Waals surface area contributed by atoms with E-state index < -0.39 is 5.97 Å². The zero-order valence-electron chi connectivity index (χ0n) is 13.2. The van der Waals surface area contributed by atoms with Crippen molar-refractivity contribution in [3.05, 3.63) is 0 Å². The normalized spacial score (nSPS) is 31.0. The molecule has 0 unspecified atom stereocenters. The Morgan fingerprint density at radius 3 is 1.55 bits per heavy atom. The Labute approximate surface area is 138 Å². The smallest absolute Gasteiger partial charge is 0.308 e. The second kappa shape index (κ2) is 10.8. The SMILES string of the molecule is COC(=O)C1CCC(N)CC1.Cl.NC1CCC(C(=O)O)CC1. The van der Waals surface area contributed by atoms with Gasteiger partial charge in [0.1, 0.15) is 0 Å². The summed E-state index contributed by atoms with van der Waals surface area (Å²) in [5.41, 5.74) is 11.3. The molecule has 0 heterocycles. The summed E-state index contributed by atoms with van der Waals surface area (Å²) in [5, 5.41) is 8.58. The molecule has 2 saturated carbocycles. The lowest BCUT2D eigenvalue weighted by molar-refractivity contribution is -0.146. The summed E-state index contributed by atoms with van der Waals surface area (Å²) in [6, 6.07) is 0.548. The molecule has 5 N–H and O–H groups in total. The number of esters is 1. The van der Waals surface area contributed by atoms with Crippen LogP contribution in [0.4, 0.5) is 0 Å². The highest BCUT2D eigenvalue weighted by atomic mass is 35.5. The van der Waals surface area contributed by atoms with Crippen LogP contribution in [0.3, 0.4) is 0 Å². The fraction of sp³-hybridized carbons (Fsp3) is 0.867. The number of nitrogens with two attached hydrogens (primary N) is 2. The lowest BCUT2D eigenvalue weighted by atomic mass is 9.87. The van der Waals surface area contributed by atoms with Gasteiger partial charge in [-0.05, 0) is 51.4 Å². The molecule has 6 nitrogen and oxygen atoms in total. The molecule has 7 heteroatoms. The van der Waals surface area contributed by atoms with E-state index in [0.717, 1.165) is 51.4 Å². The van der Waals surface area contributed by atoms with Gasteiger partial charge < -0.3 is 21.3 Å². The third-order valence-corrected chi connectivity index (χ3v) is 4.43. The lowest BCUT2D eigenvalue weighted by Crippen LogP contribution is -2.30. The minimum Gasteiger partial charge on any atom is -0.481 e. The van der Waals surface area contributed by atoms with Gasteiger partial charge in [0.25, 0.3) is 0 Å². The Kier molecular flexibility index (Phi) is 10.4. The van der Waals surface area contributed by atoms with Crippen molar-refractivity contribution in [1.29, 1.82) is 0 Å². The summed E-state index contributed by atoms with van der Waals surface area (Å²) >= 11 is 0. The topological polar surface area (TPSA) is 116 Å². The number of carbonyl (C=O) groups is 2. The van der Waals surface area contributed by atoms with Gasteiger partial charge in [0.15, 0.2) is 0 Å². The van der Waals surface area contributed by atoms with Crippen LogP contribution in [0, 0.1) is 11.8 Å². The van der Waals surface area contributed by atoms with Gasteiger partial charge >= 0.3 is 11.9 Å². The van der Waals surface area contributed by atoms with Crippen molar-refractivity contribution < 1.29 is 19.4 Å². The van der Waals surface area contributed by atoms with E-state index in [0.29, 0.717) is 6.04 Å². The van der Waals surface area contributed by atoms with Crippen LogP contribution in [0.15, 0.2) is 0 Å². The maximum atomic E-state index is 11.0. The van der Waals surface area contributed by atoms with Gasteiger partial charge in [-0.1, -0.05) is 0 Å². The molecular weight excluding hydrogens is 308 g/mol. The van der Waals surface area contributed by atoms with Gasteiger partial charge in [0.2, 0.25) is 0 Å². The number of halogens is 1. The molecule has 0 atom stereocenters. The molecule has 0 aliphatic heterocycles. The number of carbonyl (C=O) groups excluding carboxylic acids is 1. The third kappa shape index (κ3) is 7.42. The van der Waals surface area contributed by atoms with Crippen LogP contribution in [0.1, 0.15) is 51.4 Å². The second-order valence-electron chi connectivity index (χ2n) is 6.08. The molecule has 0 saturated heterocycles. The van der Waals surface area contributed by atoms with Crippen LogP contribution in [0.2, 0.25) is 0 Å². The van der Waals surface area contributed by atoms with Gasteiger partial charge in [-0.2, -0.15) is 0 Å². The molecule has 0 aromatic rings. The number of methoxy groups -OCH3 is 1. The van der Waals surface area contributed by atoms with Crippen LogP contribution < -0.4 is 11.5 Å². The zero-order valence-corrected chi connectivity index (χ0v) is 14.0. The predicted molar refractivity (Wildman–Crippen MR) is 86.8 cm³/mol. The van der Waals surface area contributed by atoms with Crippen molar-refractivity contribution in [1.82, 2.24) is 0 Å². The number of hydrogen-bond donors (Lipinski definition) is 3. The summed E-state index contributed by atoms with van der Waals surface area (Å²) in [5.74, 6) is -0.747. The Balaban J connectivity index is 0.000000385. The van der Waals surface area contributed by atoms with E-state index in [1.807, 2.05) is 0 Å². The third-order valence-electron chi connectivity index (χ3n) is 4.43. The highest BCUT2D eigenvalue weighted by molar-refractivity contribution is 5.85. The minimum absolute atomic E-state index is 0. The van der Waals surface area contributed by atoms with Gasteiger partial charge in [0.05, 0.1) is 18.9 Å². The van der Waals surface area contributed by atoms with Crippen LogP contribution >= 0.6 is 12.4 Å². The van der Waals surface area contributed by atoms with Crippen LogP contribution in [0.5, 0.6) is 0 Å². The largest absolute Gasteiger partial charge is 0.481 e. The van der Waals surface area contributed by atoms with E-state index in [4.69, 9.17) is 16.6 Å². The molecule has 0 aromatic carbocycles. The lowest BCUT2D eigenvalue weighted by Gasteiger charge is -2.23. The summed E-state index contributed by atoms with van der Waals surface area (Å²) in [4.78, 5) is 21.4. The van der Waals surface area contributed by atoms with E-state index in [1.165, 1.54) is 7.11 Å². The average Bonchev–Trinajstić information content (AvgIpc) is 2.48. The fourth-order valence-electron chi connectivity index (χ4n) is 2.89. The number of hydrogen-bond acceptors (Lipinski definition) is 5. The molecule has 0 bridgehead atoms. The highest BCUT2D eigenvalue weighted by Gasteiger charge is 2.25. The Morgan fingerprint density at radius 2 is 1.23 bits per heavy atom. The number of carboxylic acids is 1. The van der Waals surface area contributed by atoms with Crippen molar-refractivity contribution in [2.24, 2.45) is 23.3 Å². The first-order valence-electron chi connectivity index (χ1n) is 7.75. The number of aliphatic carboxylic acids is 1. The zero-order chi connectivity index (χ0) is 15.8. The molecule has 22 heavy (non-hydrogen) atoms. The van der Waals surface area contributed by atoms with Crippen molar-refractivity contribution in [2.45, 2.75) is 63.5 Å². The van der Waals surface area contributed by atoms with Crippen molar-refractivity contribution >= 4 is 24.3 Å². The Hall–Kier alpha value is -0.850. The predicted octanol–water partition coefficient (Wildman–Crippen LogP) is 1.69. The van der Waals surface area contributed by atoms with Crippen LogP contribution in [-0.4, -0.2) is 36.2 Å². The monoisotopic (exact) mass is 336 g/mol. The first-order valence-corrected chi connectivity index (χ1v) is 7.75. The van der Waals surface area contributed by atoms with Crippen molar-refractivity contribution in [3.8, 4) is 0 Å². The van der Waals surface area contributed by atoms with Gasteiger partial charge in [-0.25, -0.2) is 0 Å². The average molecular weight is 337 g/mol. The van der Waals surface area contributed by atoms with Crippen LogP contribution in [-0.2, 0) is 14.3 Å². The summed E-state index contributed by atoms with van der Waals surface area (Å²) in [7, 11) is 1.44. The molecule has 2 aliphatic carbocycles. The van der Waals surface area contributed by atoms with Crippen LogP contribution in [0.25, 0.3) is 0 Å². The maximum Gasteiger partial charge on any atom is 0.308 e. The Bertz CT molecular complexity index is 338. The van der Waals surface area contributed by atoms with E-state index in [9.17, 15) is 9.59 Å². The van der Waals surface area contributed by atoms with E-state index >= 15 is 0 Å². The van der Waals surface area contributed by atoms with E-state index in [-0.39, 0.29) is 36.3 Å². The van der Waals surface area contributed by atoms with Gasteiger partial charge in [0, 0.05) is 12.1 Å². The standard InChI is InChI=1S/C8H15NO2.C7H13NO2.ClH/c1-11-8(10)6-2-4-7(9)5-3-6;8-6-3-1-5(2-4-6)7(9)10;/h6-7H,2-5,9H2,1H3;5-6H,1-4,8H2,(H,9,10);1H. The molecule has 2 fully saturated rings. The molecule has 130 valence electrons. The minimum atomic E-state index is -0.660. The summed E-state index contributed by atoms with van der Waals surface area (Å²) < 4.78 is 4.65. The first kappa shape index (κ1) is 21.1. The molecule has 2 rings (SSSR count). The summed E-state index contributed by atoms with van der Waals surface area (Å²) in [6.45, 7) is 0. The number of rotatable bonds is 2. The molecule has 2 aliphatic rings. The van der Waals surface area contributed by atoms with E-state index in [1.54, 1.807) is 0 Å².